The minimum atomic E-state index is -0.543. The van der Waals surface area contributed by atoms with Crippen molar-refractivity contribution < 1.29 is 23.8 Å². The summed E-state index contributed by atoms with van der Waals surface area (Å²) in [7, 11) is 1.32. The van der Waals surface area contributed by atoms with E-state index in [0.717, 1.165) is 56.0 Å². The fourth-order valence-corrected chi connectivity index (χ4v) is 5.42. The molecule has 0 bridgehead atoms. The highest BCUT2D eigenvalue weighted by Crippen LogP contribution is 2.30. The van der Waals surface area contributed by atoms with Crippen LogP contribution >= 0.6 is 0 Å². The van der Waals surface area contributed by atoms with E-state index in [-0.39, 0.29) is 5.56 Å². The SMILES string of the molecule is CCCN1CCN(CCOc2ccc(OCc3ccccc3)c(C(=O)Nc3cc(-c4ccccc4)ccc3C(=O)OC)c2)CC1. The summed E-state index contributed by atoms with van der Waals surface area (Å²) in [5.74, 6) is 0.0154. The predicted molar refractivity (Wildman–Crippen MR) is 177 cm³/mol. The number of benzene rings is 4. The Morgan fingerprint density at radius 1 is 0.733 bits per heavy atom. The summed E-state index contributed by atoms with van der Waals surface area (Å²) in [4.78, 5) is 31.5. The Bertz CT molecular complexity index is 1550. The van der Waals surface area contributed by atoms with Crippen LogP contribution in [0.3, 0.4) is 0 Å². The molecular weight excluding hydrogens is 566 g/mol. The van der Waals surface area contributed by atoms with E-state index >= 15 is 0 Å². The van der Waals surface area contributed by atoms with Crippen molar-refractivity contribution in [3.05, 3.63) is 114 Å². The number of anilines is 1. The quantitative estimate of drug-likeness (QED) is 0.177. The molecule has 5 rings (SSSR count). The number of esters is 1. The van der Waals surface area contributed by atoms with E-state index in [1.807, 2.05) is 72.8 Å². The molecule has 0 saturated carbocycles. The van der Waals surface area contributed by atoms with Gasteiger partial charge in [-0.3, -0.25) is 9.69 Å². The minimum absolute atomic E-state index is 0.253. The highest BCUT2D eigenvalue weighted by atomic mass is 16.5. The topological polar surface area (TPSA) is 80.3 Å². The number of carbonyl (C=O) groups excluding carboxylic acids is 2. The normalized spacial score (nSPS) is 13.6. The third-order valence-electron chi connectivity index (χ3n) is 7.89. The molecule has 1 saturated heterocycles. The van der Waals surface area contributed by atoms with Crippen LogP contribution in [0.5, 0.6) is 11.5 Å². The van der Waals surface area contributed by atoms with Crippen molar-refractivity contribution in [3.63, 3.8) is 0 Å². The minimum Gasteiger partial charge on any atom is -0.492 e. The summed E-state index contributed by atoms with van der Waals surface area (Å²) in [6, 6.07) is 30.1. The van der Waals surface area contributed by atoms with Crippen LogP contribution in [0, 0.1) is 0 Å². The number of rotatable bonds is 13. The van der Waals surface area contributed by atoms with Crippen molar-refractivity contribution in [3.8, 4) is 22.6 Å². The predicted octanol–water partition coefficient (Wildman–Crippen LogP) is 6.38. The number of amides is 1. The third kappa shape index (κ3) is 8.71. The molecular formula is C37H41N3O5. The maximum absolute atomic E-state index is 13.9. The van der Waals surface area contributed by atoms with E-state index in [1.54, 1.807) is 24.3 Å². The maximum Gasteiger partial charge on any atom is 0.339 e. The average molecular weight is 608 g/mol. The molecule has 1 heterocycles. The lowest BCUT2D eigenvalue weighted by atomic mass is 10.0. The molecule has 0 unspecified atom stereocenters. The summed E-state index contributed by atoms with van der Waals surface area (Å²) in [5, 5.41) is 2.95. The standard InChI is InChI=1S/C37H41N3O5/c1-3-18-39-19-21-40(22-20-39)23-24-44-31-15-17-35(45-27-28-10-6-4-7-11-28)33(26-31)36(41)38-34-25-30(29-12-8-5-9-13-29)14-16-32(34)37(42)43-2/h4-17,25-26H,3,18-24,27H2,1-2H3,(H,38,41). The van der Waals surface area contributed by atoms with Crippen molar-refractivity contribution in [2.75, 3.05) is 58.3 Å². The molecule has 1 N–H and O–H groups in total. The molecule has 0 radical (unpaired) electrons. The molecule has 1 fully saturated rings. The first-order valence-corrected chi connectivity index (χ1v) is 15.5. The Morgan fingerprint density at radius 3 is 2.11 bits per heavy atom. The highest BCUT2D eigenvalue weighted by Gasteiger charge is 2.20. The van der Waals surface area contributed by atoms with Gasteiger partial charge in [-0.25, -0.2) is 4.79 Å². The fourth-order valence-electron chi connectivity index (χ4n) is 5.42. The number of nitrogens with zero attached hydrogens (tertiary/aromatic N) is 2. The van der Waals surface area contributed by atoms with Crippen molar-refractivity contribution in [1.82, 2.24) is 9.80 Å². The Morgan fingerprint density at radius 2 is 1.42 bits per heavy atom. The van der Waals surface area contributed by atoms with Crippen LogP contribution in [0.4, 0.5) is 5.69 Å². The molecule has 1 amide bonds. The smallest absolute Gasteiger partial charge is 0.339 e. The molecule has 4 aromatic rings. The van der Waals surface area contributed by atoms with E-state index < -0.39 is 11.9 Å². The van der Waals surface area contributed by atoms with Gasteiger partial charge in [0.25, 0.3) is 5.91 Å². The van der Waals surface area contributed by atoms with Crippen LogP contribution < -0.4 is 14.8 Å². The van der Waals surface area contributed by atoms with Crippen molar-refractivity contribution >= 4 is 17.6 Å². The van der Waals surface area contributed by atoms with Crippen LogP contribution in [0.2, 0.25) is 0 Å². The Hall–Kier alpha value is -4.66. The Labute approximate surface area is 265 Å². The molecule has 45 heavy (non-hydrogen) atoms. The molecule has 0 atom stereocenters. The van der Waals surface area contributed by atoms with E-state index in [4.69, 9.17) is 14.2 Å². The first-order valence-electron chi connectivity index (χ1n) is 15.5. The Kier molecular flexibility index (Phi) is 11.2. The van der Waals surface area contributed by atoms with Crippen molar-refractivity contribution in [2.45, 2.75) is 20.0 Å². The number of carbonyl (C=O) groups is 2. The van der Waals surface area contributed by atoms with Gasteiger partial charge in [0.1, 0.15) is 24.7 Å². The number of nitrogens with one attached hydrogen (secondary N) is 1. The lowest BCUT2D eigenvalue weighted by Gasteiger charge is -2.34. The molecule has 1 aliphatic heterocycles. The second-order valence-corrected chi connectivity index (χ2v) is 11.0. The van der Waals surface area contributed by atoms with Gasteiger partial charge in [-0.15, -0.1) is 0 Å². The van der Waals surface area contributed by atoms with Crippen LogP contribution in [0.1, 0.15) is 39.6 Å². The maximum atomic E-state index is 13.9. The van der Waals surface area contributed by atoms with Crippen LogP contribution in [-0.4, -0.2) is 74.7 Å². The number of hydrogen-bond donors (Lipinski definition) is 1. The van der Waals surface area contributed by atoms with Gasteiger partial charge >= 0.3 is 5.97 Å². The summed E-state index contributed by atoms with van der Waals surface area (Å²) in [6.45, 7) is 9.16. The summed E-state index contributed by atoms with van der Waals surface area (Å²) in [6.07, 6.45) is 1.17. The molecule has 0 aromatic heterocycles. The molecule has 8 nitrogen and oxygen atoms in total. The molecule has 234 valence electrons. The summed E-state index contributed by atoms with van der Waals surface area (Å²) < 4.78 is 17.3. The number of hydrogen-bond acceptors (Lipinski definition) is 7. The zero-order chi connectivity index (χ0) is 31.4. The Balaban J connectivity index is 1.35. The lowest BCUT2D eigenvalue weighted by molar-refractivity contribution is 0.0602. The van der Waals surface area contributed by atoms with Gasteiger partial charge in [-0.1, -0.05) is 73.7 Å². The molecule has 0 spiro atoms. The van der Waals surface area contributed by atoms with Crippen LogP contribution in [0.25, 0.3) is 11.1 Å². The lowest BCUT2D eigenvalue weighted by Crippen LogP contribution is -2.47. The monoisotopic (exact) mass is 607 g/mol. The average Bonchev–Trinajstić information content (AvgIpc) is 3.09. The molecule has 4 aromatic carbocycles. The van der Waals surface area contributed by atoms with Gasteiger partial charge in [-0.2, -0.15) is 0 Å². The number of piperazine rings is 1. The van der Waals surface area contributed by atoms with E-state index in [9.17, 15) is 9.59 Å². The van der Waals surface area contributed by atoms with Gasteiger partial charge in [0, 0.05) is 32.7 Å². The first kappa shape index (κ1) is 31.8. The number of ether oxygens (including phenoxy) is 3. The van der Waals surface area contributed by atoms with Crippen molar-refractivity contribution in [1.29, 1.82) is 0 Å². The second-order valence-electron chi connectivity index (χ2n) is 11.0. The van der Waals surface area contributed by atoms with Gasteiger partial charge in [-0.05, 0) is 60.0 Å². The highest BCUT2D eigenvalue weighted by molar-refractivity contribution is 6.10. The first-order chi connectivity index (χ1) is 22.0. The largest absolute Gasteiger partial charge is 0.492 e. The summed E-state index contributed by atoms with van der Waals surface area (Å²) in [5.41, 5.74) is 3.69. The molecule has 1 aliphatic rings. The van der Waals surface area contributed by atoms with E-state index in [1.165, 1.54) is 13.5 Å². The fraction of sp³-hybridized carbons (Fsp3) is 0.297. The van der Waals surface area contributed by atoms with Gasteiger partial charge < -0.3 is 24.4 Å². The van der Waals surface area contributed by atoms with Gasteiger partial charge in [0.05, 0.1) is 23.9 Å². The van der Waals surface area contributed by atoms with E-state index in [2.05, 4.69) is 22.0 Å². The van der Waals surface area contributed by atoms with Crippen LogP contribution in [0.15, 0.2) is 97.1 Å². The molecule has 8 heteroatoms. The summed E-state index contributed by atoms with van der Waals surface area (Å²) >= 11 is 0. The molecule has 0 aliphatic carbocycles. The van der Waals surface area contributed by atoms with Gasteiger partial charge in [0.2, 0.25) is 0 Å². The zero-order valence-electron chi connectivity index (χ0n) is 26.0. The van der Waals surface area contributed by atoms with Crippen molar-refractivity contribution in [2.24, 2.45) is 0 Å². The van der Waals surface area contributed by atoms with Gasteiger partial charge in [0.15, 0.2) is 0 Å². The second kappa shape index (κ2) is 15.9. The van der Waals surface area contributed by atoms with E-state index in [0.29, 0.717) is 36.0 Å². The number of methoxy groups -OCH3 is 1. The zero-order valence-corrected chi connectivity index (χ0v) is 26.0. The van der Waals surface area contributed by atoms with Crippen LogP contribution in [-0.2, 0) is 11.3 Å². The third-order valence-corrected chi connectivity index (χ3v) is 7.89.